The number of ether oxygens (including phenoxy) is 2. The van der Waals surface area contributed by atoms with Gasteiger partial charge in [0, 0.05) is 0 Å². The molecule has 3 aromatic rings. The molecular formula is C18H18ClN5O2. The lowest BCUT2D eigenvalue weighted by atomic mass is 10.2. The number of hydrogen-bond donors (Lipinski definition) is 2. The highest BCUT2D eigenvalue weighted by Gasteiger charge is 2.09. The monoisotopic (exact) mass is 371 g/mol. The van der Waals surface area contributed by atoms with Gasteiger partial charge in [0.1, 0.15) is 18.1 Å². The Hall–Kier alpha value is -3.06. The lowest BCUT2D eigenvalue weighted by molar-refractivity contribution is 0.296. The third-order valence-electron chi connectivity index (χ3n) is 3.50. The Morgan fingerprint density at radius 2 is 1.88 bits per heavy atom. The first kappa shape index (κ1) is 17.8. The van der Waals surface area contributed by atoms with Gasteiger partial charge < -0.3 is 20.5 Å². The van der Waals surface area contributed by atoms with Gasteiger partial charge in [0.05, 0.1) is 17.8 Å². The highest BCUT2D eigenvalue weighted by atomic mass is 35.5. The van der Waals surface area contributed by atoms with Gasteiger partial charge in [0.25, 0.3) is 0 Å². The van der Waals surface area contributed by atoms with E-state index in [1.807, 2.05) is 43.3 Å². The lowest BCUT2D eigenvalue weighted by Crippen LogP contribution is -2.09. The number of aromatic nitrogens is 3. The van der Waals surface area contributed by atoms with Gasteiger partial charge in [-0.2, -0.15) is 15.0 Å². The summed E-state index contributed by atoms with van der Waals surface area (Å²) in [6, 6.07) is 13.0. The maximum Gasteiger partial charge on any atom is 0.232 e. The average Bonchev–Trinajstić information content (AvgIpc) is 2.62. The summed E-state index contributed by atoms with van der Waals surface area (Å²) in [5.41, 5.74) is 7.55. The number of nitrogens with zero attached hydrogens (tertiary/aromatic N) is 3. The Morgan fingerprint density at radius 3 is 2.69 bits per heavy atom. The molecule has 3 rings (SSSR count). The molecule has 0 unspecified atom stereocenters. The molecular weight excluding hydrogens is 354 g/mol. The van der Waals surface area contributed by atoms with E-state index in [9.17, 15) is 0 Å². The molecule has 8 heteroatoms. The van der Waals surface area contributed by atoms with E-state index >= 15 is 0 Å². The zero-order valence-electron chi connectivity index (χ0n) is 14.4. The Kier molecular flexibility index (Phi) is 5.38. The van der Waals surface area contributed by atoms with Crippen molar-refractivity contribution in [2.45, 2.75) is 13.5 Å². The number of rotatable bonds is 6. The van der Waals surface area contributed by atoms with Gasteiger partial charge in [-0.05, 0) is 36.8 Å². The van der Waals surface area contributed by atoms with E-state index in [2.05, 4.69) is 20.3 Å². The second-order valence-electron chi connectivity index (χ2n) is 5.48. The molecule has 1 heterocycles. The maximum absolute atomic E-state index is 6.14. The van der Waals surface area contributed by atoms with Crippen LogP contribution >= 0.6 is 11.6 Å². The zero-order valence-corrected chi connectivity index (χ0v) is 15.1. The lowest BCUT2D eigenvalue weighted by Gasteiger charge is -2.11. The van der Waals surface area contributed by atoms with Gasteiger partial charge in [-0.15, -0.1) is 0 Å². The van der Waals surface area contributed by atoms with Crippen molar-refractivity contribution in [3.05, 3.63) is 58.9 Å². The minimum Gasteiger partial charge on any atom is -0.495 e. The van der Waals surface area contributed by atoms with Crippen molar-refractivity contribution in [2.24, 2.45) is 0 Å². The molecule has 0 aliphatic carbocycles. The van der Waals surface area contributed by atoms with Crippen LogP contribution in [-0.4, -0.2) is 22.1 Å². The van der Waals surface area contributed by atoms with Crippen LogP contribution in [0.4, 0.5) is 17.6 Å². The average molecular weight is 372 g/mol. The second-order valence-corrected chi connectivity index (χ2v) is 5.89. The number of nitrogen functional groups attached to an aromatic ring is 1. The van der Waals surface area contributed by atoms with E-state index in [0.29, 0.717) is 34.0 Å². The highest BCUT2D eigenvalue weighted by Crippen LogP contribution is 2.27. The van der Waals surface area contributed by atoms with Crippen molar-refractivity contribution in [1.82, 2.24) is 15.0 Å². The molecule has 0 saturated carbocycles. The van der Waals surface area contributed by atoms with Crippen LogP contribution in [-0.2, 0) is 6.61 Å². The van der Waals surface area contributed by atoms with Crippen LogP contribution in [0.15, 0.2) is 42.5 Å². The van der Waals surface area contributed by atoms with Gasteiger partial charge in [0.2, 0.25) is 11.9 Å². The fourth-order valence-corrected chi connectivity index (χ4v) is 2.46. The minimum atomic E-state index is 0.0892. The van der Waals surface area contributed by atoms with E-state index in [1.165, 1.54) is 0 Å². The van der Waals surface area contributed by atoms with Gasteiger partial charge in [-0.3, -0.25) is 0 Å². The molecule has 0 aliphatic rings. The van der Waals surface area contributed by atoms with Crippen LogP contribution < -0.4 is 20.5 Å². The van der Waals surface area contributed by atoms with E-state index in [4.69, 9.17) is 26.8 Å². The zero-order chi connectivity index (χ0) is 18.5. The SMILES string of the molecule is COc1ccccc1Nc1nc(N)nc(COc2cc(C)ccc2Cl)n1. The Labute approximate surface area is 156 Å². The van der Waals surface area contributed by atoms with E-state index in [1.54, 1.807) is 13.2 Å². The molecule has 0 aliphatic heterocycles. The number of halogens is 1. The largest absolute Gasteiger partial charge is 0.495 e. The Bertz CT molecular complexity index is 920. The first-order valence-electron chi connectivity index (χ1n) is 7.84. The molecule has 26 heavy (non-hydrogen) atoms. The number of anilines is 3. The quantitative estimate of drug-likeness (QED) is 0.681. The summed E-state index contributed by atoms with van der Waals surface area (Å²) in [4.78, 5) is 12.5. The van der Waals surface area contributed by atoms with E-state index in [0.717, 1.165) is 5.56 Å². The second kappa shape index (κ2) is 7.88. The summed E-state index contributed by atoms with van der Waals surface area (Å²) in [5, 5.41) is 3.59. The predicted molar refractivity (Wildman–Crippen MR) is 101 cm³/mol. The first-order valence-corrected chi connectivity index (χ1v) is 8.22. The van der Waals surface area contributed by atoms with Crippen molar-refractivity contribution >= 4 is 29.2 Å². The molecule has 3 N–H and O–H groups in total. The van der Waals surface area contributed by atoms with Gasteiger partial charge in [-0.1, -0.05) is 29.8 Å². The third kappa shape index (κ3) is 4.31. The summed E-state index contributed by atoms with van der Waals surface area (Å²) >= 11 is 6.14. The number of methoxy groups -OCH3 is 1. The molecule has 2 aromatic carbocycles. The Morgan fingerprint density at radius 1 is 1.08 bits per heavy atom. The van der Waals surface area contributed by atoms with Crippen LogP contribution in [0.2, 0.25) is 5.02 Å². The molecule has 0 bridgehead atoms. The minimum absolute atomic E-state index is 0.0892. The molecule has 0 spiro atoms. The standard InChI is InChI=1S/C18H18ClN5O2/c1-11-7-8-12(19)15(9-11)26-10-16-22-17(20)24-18(23-16)21-13-5-3-4-6-14(13)25-2/h3-9H,10H2,1-2H3,(H3,20,21,22,23,24). The maximum atomic E-state index is 6.14. The van der Waals surface area contributed by atoms with Crippen LogP contribution in [0.3, 0.4) is 0 Å². The summed E-state index contributed by atoms with van der Waals surface area (Å²) < 4.78 is 11.0. The normalized spacial score (nSPS) is 10.4. The predicted octanol–water partition coefficient (Wildman–Crippen LogP) is 3.75. The number of benzene rings is 2. The van der Waals surface area contributed by atoms with E-state index in [-0.39, 0.29) is 12.6 Å². The van der Waals surface area contributed by atoms with Gasteiger partial charge in [0.15, 0.2) is 5.82 Å². The summed E-state index contributed by atoms with van der Waals surface area (Å²) in [6.07, 6.45) is 0. The van der Waals surface area contributed by atoms with Crippen molar-refractivity contribution in [3.63, 3.8) is 0 Å². The van der Waals surface area contributed by atoms with Crippen LogP contribution in [0.25, 0.3) is 0 Å². The number of para-hydroxylation sites is 2. The fraction of sp³-hybridized carbons (Fsp3) is 0.167. The molecule has 0 fully saturated rings. The van der Waals surface area contributed by atoms with Crippen LogP contribution in [0, 0.1) is 6.92 Å². The van der Waals surface area contributed by atoms with Crippen LogP contribution in [0.1, 0.15) is 11.4 Å². The number of hydrogen-bond acceptors (Lipinski definition) is 7. The molecule has 0 amide bonds. The Balaban J connectivity index is 1.78. The molecule has 0 saturated heterocycles. The van der Waals surface area contributed by atoms with E-state index < -0.39 is 0 Å². The molecule has 7 nitrogen and oxygen atoms in total. The number of aryl methyl sites for hydroxylation is 1. The van der Waals surface area contributed by atoms with Crippen molar-refractivity contribution in [1.29, 1.82) is 0 Å². The van der Waals surface area contributed by atoms with Crippen molar-refractivity contribution < 1.29 is 9.47 Å². The van der Waals surface area contributed by atoms with Gasteiger partial charge >= 0.3 is 0 Å². The summed E-state index contributed by atoms with van der Waals surface area (Å²) in [7, 11) is 1.59. The number of nitrogens with two attached hydrogens (primary N) is 1. The number of nitrogens with one attached hydrogen (secondary N) is 1. The molecule has 0 radical (unpaired) electrons. The summed E-state index contributed by atoms with van der Waals surface area (Å²) in [5.74, 6) is 2.00. The third-order valence-corrected chi connectivity index (χ3v) is 3.81. The summed E-state index contributed by atoms with van der Waals surface area (Å²) in [6.45, 7) is 2.07. The highest BCUT2D eigenvalue weighted by molar-refractivity contribution is 6.32. The molecule has 134 valence electrons. The van der Waals surface area contributed by atoms with Crippen molar-refractivity contribution in [2.75, 3.05) is 18.2 Å². The topological polar surface area (TPSA) is 95.2 Å². The fourth-order valence-electron chi connectivity index (χ4n) is 2.29. The molecule has 0 atom stereocenters. The van der Waals surface area contributed by atoms with Crippen molar-refractivity contribution in [3.8, 4) is 11.5 Å². The first-order chi connectivity index (χ1) is 12.5. The smallest absolute Gasteiger partial charge is 0.232 e. The van der Waals surface area contributed by atoms with Crippen LogP contribution in [0.5, 0.6) is 11.5 Å². The van der Waals surface area contributed by atoms with Gasteiger partial charge in [-0.25, -0.2) is 0 Å². The molecule has 1 aromatic heterocycles.